The van der Waals surface area contributed by atoms with Crippen LogP contribution < -0.4 is 0 Å². The molecule has 22 heavy (non-hydrogen) atoms. The van der Waals surface area contributed by atoms with Crippen LogP contribution in [0.4, 0.5) is 0 Å². The van der Waals surface area contributed by atoms with Crippen molar-refractivity contribution in [2.45, 2.75) is 30.8 Å². The van der Waals surface area contributed by atoms with Crippen molar-refractivity contribution in [3.63, 3.8) is 0 Å². The fraction of sp³-hybridized carbons (Fsp3) is 0.474. The highest BCUT2D eigenvalue weighted by Gasteiger charge is 2.49. The van der Waals surface area contributed by atoms with Gasteiger partial charge in [-0.05, 0) is 50.7 Å². The number of fused-ring (bicyclic) bond motifs is 1. The van der Waals surface area contributed by atoms with Crippen LogP contribution in [0.1, 0.15) is 24.2 Å². The van der Waals surface area contributed by atoms with Crippen LogP contribution >= 0.6 is 0 Å². The fourth-order valence-electron chi connectivity index (χ4n) is 4.44. The summed E-state index contributed by atoms with van der Waals surface area (Å²) in [5, 5.41) is 0. The lowest BCUT2D eigenvalue weighted by molar-refractivity contribution is 0.0868. The Morgan fingerprint density at radius 1 is 1.09 bits per heavy atom. The SMILES string of the molecule is CN1CC[C@]2(c3ccccc3)CCN(Cc3ccco3)C[C@@H]12. The molecule has 2 saturated heterocycles. The molecule has 2 atom stereocenters. The van der Waals surface area contributed by atoms with E-state index >= 15 is 0 Å². The average molecular weight is 296 g/mol. The topological polar surface area (TPSA) is 19.6 Å². The molecule has 2 aliphatic heterocycles. The van der Waals surface area contributed by atoms with Crippen molar-refractivity contribution in [1.82, 2.24) is 9.80 Å². The maximum atomic E-state index is 5.53. The molecular weight excluding hydrogens is 272 g/mol. The minimum absolute atomic E-state index is 0.343. The third-order valence-electron chi connectivity index (χ3n) is 5.69. The van der Waals surface area contributed by atoms with Gasteiger partial charge in [0.05, 0.1) is 12.8 Å². The molecule has 0 aliphatic carbocycles. The lowest BCUT2D eigenvalue weighted by Crippen LogP contribution is -2.54. The predicted molar refractivity (Wildman–Crippen MR) is 87.8 cm³/mol. The Balaban J connectivity index is 1.57. The summed E-state index contributed by atoms with van der Waals surface area (Å²) in [5.74, 6) is 1.08. The van der Waals surface area contributed by atoms with E-state index in [1.807, 2.05) is 6.07 Å². The second kappa shape index (κ2) is 5.56. The van der Waals surface area contributed by atoms with Gasteiger partial charge in [0, 0.05) is 18.0 Å². The summed E-state index contributed by atoms with van der Waals surface area (Å²) < 4.78 is 5.53. The van der Waals surface area contributed by atoms with Gasteiger partial charge in [-0.1, -0.05) is 30.3 Å². The van der Waals surface area contributed by atoms with E-state index in [4.69, 9.17) is 4.42 Å². The number of rotatable bonds is 3. The Bertz CT molecular complexity index is 610. The number of benzene rings is 1. The van der Waals surface area contributed by atoms with Crippen molar-refractivity contribution in [3.05, 3.63) is 60.1 Å². The molecule has 0 amide bonds. The fourth-order valence-corrected chi connectivity index (χ4v) is 4.44. The van der Waals surface area contributed by atoms with Crippen LogP contribution in [0.25, 0.3) is 0 Å². The lowest BCUT2D eigenvalue weighted by Gasteiger charge is -2.46. The minimum Gasteiger partial charge on any atom is -0.468 e. The number of hydrogen-bond acceptors (Lipinski definition) is 3. The summed E-state index contributed by atoms with van der Waals surface area (Å²) in [6.07, 6.45) is 4.30. The quantitative estimate of drug-likeness (QED) is 0.867. The number of furan rings is 1. The van der Waals surface area contributed by atoms with E-state index < -0.39 is 0 Å². The van der Waals surface area contributed by atoms with E-state index in [2.05, 4.69) is 53.2 Å². The molecule has 0 radical (unpaired) electrons. The van der Waals surface area contributed by atoms with Gasteiger partial charge in [0.2, 0.25) is 0 Å². The van der Waals surface area contributed by atoms with Crippen LogP contribution in [0.2, 0.25) is 0 Å². The van der Waals surface area contributed by atoms with Crippen LogP contribution in [0.5, 0.6) is 0 Å². The van der Waals surface area contributed by atoms with Gasteiger partial charge in [0.15, 0.2) is 0 Å². The van der Waals surface area contributed by atoms with Gasteiger partial charge in [-0.15, -0.1) is 0 Å². The summed E-state index contributed by atoms with van der Waals surface area (Å²) in [4.78, 5) is 5.10. The normalized spacial score (nSPS) is 29.6. The van der Waals surface area contributed by atoms with E-state index in [1.165, 1.54) is 24.9 Å². The summed E-state index contributed by atoms with van der Waals surface area (Å²) >= 11 is 0. The first kappa shape index (κ1) is 14.0. The summed E-state index contributed by atoms with van der Waals surface area (Å²) in [7, 11) is 2.28. The van der Waals surface area contributed by atoms with E-state index in [1.54, 1.807) is 6.26 Å². The number of hydrogen-bond donors (Lipinski definition) is 0. The van der Waals surface area contributed by atoms with E-state index in [9.17, 15) is 0 Å². The monoisotopic (exact) mass is 296 g/mol. The predicted octanol–water partition coefficient (Wildman–Crippen LogP) is 3.13. The summed E-state index contributed by atoms with van der Waals surface area (Å²) in [6.45, 7) is 4.42. The first-order chi connectivity index (χ1) is 10.8. The molecule has 0 saturated carbocycles. The maximum Gasteiger partial charge on any atom is 0.117 e. The van der Waals surface area contributed by atoms with Crippen molar-refractivity contribution in [2.75, 3.05) is 26.7 Å². The zero-order valence-electron chi connectivity index (χ0n) is 13.2. The molecule has 3 nitrogen and oxygen atoms in total. The number of likely N-dealkylation sites (N-methyl/N-ethyl adjacent to an activating group) is 1. The Kier molecular flexibility index (Phi) is 3.55. The third kappa shape index (κ3) is 2.29. The van der Waals surface area contributed by atoms with Crippen molar-refractivity contribution >= 4 is 0 Å². The molecule has 0 bridgehead atoms. The van der Waals surface area contributed by atoms with Crippen molar-refractivity contribution < 1.29 is 4.42 Å². The Hall–Kier alpha value is -1.58. The molecule has 2 aromatic rings. The van der Waals surface area contributed by atoms with Crippen LogP contribution in [-0.4, -0.2) is 42.5 Å². The smallest absolute Gasteiger partial charge is 0.117 e. The average Bonchev–Trinajstić information content (AvgIpc) is 3.18. The Morgan fingerprint density at radius 2 is 1.91 bits per heavy atom. The Labute approximate surface area is 132 Å². The van der Waals surface area contributed by atoms with Crippen LogP contribution in [0.3, 0.4) is 0 Å². The van der Waals surface area contributed by atoms with Crippen molar-refractivity contribution in [3.8, 4) is 0 Å². The molecule has 116 valence electrons. The Morgan fingerprint density at radius 3 is 2.68 bits per heavy atom. The molecular formula is C19H24N2O. The molecule has 0 N–H and O–H groups in total. The van der Waals surface area contributed by atoms with Gasteiger partial charge >= 0.3 is 0 Å². The van der Waals surface area contributed by atoms with Crippen LogP contribution in [0, 0.1) is 0 Å². The molecule has 4 rings (SSSR count). The van der Waals surface area contributed by atoms with E-state index in [-0.39, 0.29) is 0 Å². The minimum atomic E-state index is 0.343. The largest absolute Gasteiger partial charge is 0.468 e. The molecule has 2 aliphatic rings. The molecule has 3 heterocycles. The standard InChI is InChI=1S/C19H24N2O/c1-20-11-9-19(16-6-3-2-4-7-16)10-12-21(15-18(19)20)14-17-8-5-13-22-17/h2-8,13,18H,9-12,14-15H2,1H3/t18-,19-/m1/s1. The molecule has 0 spiro atoms. The lowest BCUT2D eigenvalue weighted by atomic mass is 9.69. The molecule has 1 aromatic carbocycles. The highest BCUT2D eigenvalue weighted by molar-refractivity contribution is 5.31. The van der Waals surface area contributed by atoms with Gasteiger partial charge in [0.1, 0.15) is 5.76 Å². The third-order valence-corrected chi connectivity index (χ3v) is 5.69. The second-order valence-corrected chi connectivity index (χ2v) is 6.83. The highest BCUT2D eigenvalue weighted by Crippen LogP contribution is 2.45. The molecule has 3 heteroatoms. The van der Waals surface area contributed by atoms with Crippen molar-refractivity contribution in [2.24, 2.45) is 0 Å². The van der Waals surface area contributed by atoms with Crippen LogP contribution in [-0.2, 0) is 12.0 Å². The van der Waals surface area contributed by atoms with Gasteiger partial charge in [-0.25, -0.2) is 0 Å². The number of nitrogens with zero attached hydrogens (tertiary/aromatic N) is 2. The molecule has 1 aromatic heterocycles. The highest BCUT2D eigenvalue weighted by atomic mass is 16.3. The second-order valence-electron chi connectivity index (χ2n) is 6.83. The van der Waals surface area contributed by atoms with Crippen molar-refractivity contribution in [1.29, 1.82) is 0 Å². The van der Waals surface area contributed by atoms with E-state index in [0.717, 1.165) is 25.4 Å². The molecule has 0 unspecified atom stereocenters. The van der Waals surface area contributed by atoms with Crippen LogP contribution in [0.15, 0.2) is 53.1 Å². The first-order valence-corrected chi connectivity index (χ1v) is 8.28. The zero-order valence-corrected chi connectivity index (χ0v) is 13.2. The first-order valence-electron chi connectivity index (χ1n) is 8.28. The van der Waals surface area contributed by atoms with E-state index in [0.29, 0.717) is 11.5 Å². The summed E-state index contributed by atoms with van der Waals surface area (Å²) in [5.41, 5.74) is 1.87. The number of likely N-dealkylation sites (tertiary alicyclic amines) is 2. The maximum absolute atomic E-state index is 5.53. The van der Waals surface area contributed by atoms with Gasteiger partial charge in [-0.3, -0.25) is 4.90 Å². The number of piperidine rings is 1. The zero-order chi connectivity index (χ0) is 15.0. The van der Waals surface area contributed by atoms with Gasteiger partial charge in [-0.2, -0.15) is 0 Å². The van der Waals surface area contributed by atoms with Gasteiger partial charge < -0.3 is 9.32 Å². The molecule has 2 fully saturated rings. The van der Waals surface area contributed by atoms with Gasteiger partial charge in [0.25, 0.3) is 0 Å². The summed E-state index contributed by atoms with van der Waals surface area (Å²) in [6, 6.07) is 15.8.